The van der Waals surface area contributed by atoms with Gasteiger partial charge in [-0.15, -0.1) is 0 Å². The molecule has 3 rings (SSSR count). The van der Waals surface area contributed by atoms with Crippen molar-refractivity contribution in [2.75, 3.05) is 0 Å². The molecule has 0 fully saturated rings. The number of hydrogen-bond acceptors (Lipinski definition) is 2. The summed E-state index contributed by atoms with van der Waals surface area (Å²) in [5.74, 6) is -0.590. The van der Waals surface area contributed by atoms with Gasteiger partial charge in [-0.1, -0.05) is 18.2 Å². The van der Waals surface area contributed by atoms with E-state index in [4.69, 9.17) is 0 Å². The van der Waals surface area contributed by atoms with Crippen LogP contribution in [0.5, 0.6) is 0 Å². The van der Waals surface area contributed by atoms with Gasteiger partial charge in [-0.25, -0.2) is 4.39 Å². The van der Waals surface area contributed by atoms with Crippen LogP contribution in [-0.2, 0) is 6.54 Å². The normalized spacial score (nSPS) is 11.0. The molecular weight excluding hydrogens is 271 g/mol. The van der Waals surface area contributed by atoms with Crippen molar-refractivity contribution in [1.29, 1.82) is 0 Å². The fourth-order valence-electron chi connectivity index (χ4n) is 2.57. The van der Waals surface area contributed by atoms with Crippen LogP contribution in [0, 0.1) is 22.9 Å². The highest BCUT2D eigenvalue weighted by Crippen LogP contribution is 2.23. The molecule has 0 aliphatic rings. The molecule has 3 aromatic rings. The highest BCUT2D eigenvalue weighted by Gasteiger charge is 2.12. The zero-order valence-electron chi connectivity index (χ0n) is 11.4. The van der Waals surface area contributed by atoms with Crippen LogP contribution in [0.4, 0.5) is 10.1 Å². The average molecular weight is 284 g/mol. The van der Waals surface area contributed by atoms with Crippen LogP contribution < -0.4 is 0 Å². The number of nitro benzene ring substituents is 1. The van der Waals surface area contributed by atoms with Gasteiger partial charge in [0, 0.05) is 23.8 Å². The number of rotatable bonds is 3. The Kier molecular flexibility index (Phi) is 3.17. The number of hydrogen-bond donors (Lipinski definition) is 0. The van der Waals surface area contributed by atoms with Crippen molar-refractivity contribution in [2.24, 2.45) is 0 Å². The lowest BCUT2D eigenvalue weighted by atomic mass is 10.2. The molecule has 1 heterocycles. The number of nitrogens with zero attached hydrogens (tertiary/aromatic N) is 2. The number of halogens is 1. The number of para-hydroxylation sites is 1. The van der Waals surface area contributed by atoms with Crippen molar-refractivity contribution < 1.29 is 9.31 Å². The van der Waals surface area contributed by atoms with E-state index in [1.807, 2.05) is 41.8 Å². The Balaban J connectivity index is 2.06. The zero-order valence-corrected chi connectivity index (χ0v) is 11.4. The van der Waals surface area contributed by atoms with Gasteiger partial charge < -0.3 is 4.57 Å². The topological polar surface area (TPSA) is 48.1 Å². The predicted molar refractivity (Wildman–Crippen MR) is 78.8 cm³/mol. The maximum atomic E-state index is 13.5. The molecule has 0 spiro atoms. The monoisotopic (exact) mass is 284 g/mol. The van der Waals surface area contributed by atoms with Gasteiger partial charge in [-0.3, -0.25) is 10.1 Å². The maximum absolute atomic E-state index is 13.5. The Hall–Kier alpha value is -2.69. The summed E-state index contributed by atoms with van der Waals surface area (Å²) in [5.41, 5.74) is 2.41. The van der Waals surface area contributed by atoms with Crippen LogP contribution in [0.2, 0.25) is 0 Å². The molecule has 2 aromatic carbocycles. The van der Waals surface area contributed by atoms with Crippen molar-refractivity contribution >= 4 is 16.6 Å². The standard InChI is InChI=1S/C16H13FN2O2/c1-11-6-13-4-2-3-5-16(13)18(11)10-12-7-14(17)9-15(8-12)19(20)21/h2-9H,10H2,1H3. The molecule has 0 saturated heterocycles. The van der Waals surface area contributed by atoms with E-state index in [0.29, 0.717) is 12.1 Å². The van der Waals surface area contributed by atoms with Crippen LogP contribution in [-0.4, -0.2) is 9.49 Å². The Bertz CT molecular complexity index is 839. The molecule has 4 nitrogen and oxygen atoms in total. The number of fused-ring (bicyclic) bond motifs is 1. The van der Waals surface area contributed by atoms with Gasteiger partial charge in [-0.2, -0.15) is 0 Å². The van der Waals surface area contributed by atoms with E-state index in [-0.39, 0.29) is 5.69 Å². The minimum Gasteiger partial charge on any atom is -0.340 e. The lowest BCUT2D eigenvalue weighted by Gasteiger charge is -2.08. The van der Waals surface area contributed by atoms with Gasteiger partial charge in [0.15, 0.2) is 0 Å². The van der Waals surface area contributed by atoms with Crippen LogP contribution >= 0.6 is 0 Å². The fraction of sp³-hybridized carbons (Fsp3) is 0.125. The summed E-state index contributed by atoms with van der Waals surface area (Å²) in [6.45, 7) is 2.37. The van der Waals surface area contributed by atoms with Crippen molar-refractivity contribution in [3.63, 3.8) is 0 Å². The Morgan fingerprint density at radius 3 is 2.71 bits per heavy atom. The molecule has 0 bridgehead atoms. The first-order valence-electron chi connectivity index (χ1n) is 6.53. The molecule has 0 aliphatic heterocycles. The second-order valence-electron chi connectivity index (χ2n) is 5.01. The van der Waals surface area contributed by atoms with E-state index < -0.39 is 10.7 Å². The van der Waals surface area contributed by atoms with E-state index in [1.54, 1.807) is 0 Å². The summed E-state index contributed by atoms with van der Waals surface area (Å²) in [4.78, 5) is 10.2. The van der Waals surface area contributed by atoms with E-state index in [0.717, 1.165) is 22.7 Å². The minimum atomic E-state index is -0.590. The van der Waals surface area contributed by atoms with Gasteiger partial charge in [0.1, 0.15) is 5.82 Å². The van der Waals surface area contributed by atoms with Crippen LogP contribution in [0.1, 0.15) is 11.3 Å². The first-order chi connectivity index (χ1) is 10.0. The van der Waals surface area contributed by atoms with E-state index in [1.165, 1.54) is 12.1 Å². The van der Waals surface area contributed by atoms with E-state index in [9.17, 15) is 14.5 Å². The van der Waals surface area contributed by atoms with Crippen LogP contribution in [0.25, 0.3) is 10.9 Å². The third-order valence-electron chi connectivity index (χ3n) is 3.51. The largest absolute Gasteiger partial charge is 0.340 e. The molecule has 1 aromatic heterocycles. The number of non-ortho nitro benzene ring substituents is 1. The SMILES string of the molecule is Cc1cc2ccccc2n1Cc1cc(F)cc([N+](=O)[O-])c1. The Morgan fingerprint density at radius 2 is 1.95 bits per heavy atom. The molecule has 106 valence electrons. The molecule has 21 heavy (non-hydrogen) atoms. The van der Waals surface area contributed by atoms with Gasteiger partial charge in [0.05, 0.1) is 11.0 Å². The minimum absolute atomic E-state index is 0.223. The van der Waals surface area contributed by atoms with Gasteiger partial charge >= 0.3 is 0 Å². The molecule has 5 heteroatoms. The molecule has 0 radical (unpaired) electrons. The summed E-state index contributed by atoms with van der Waals surface area (Å²) in [7, 11) is 0. The highest BCUT2D eigenvalue weighted by atomic mass is 19.1. The average Bonchev–Trinajstić information content (AvgIpc) is 2.75. The highest BCUT2D eigenvalue weighted by molar-refractivity contribution is 5.81. The van der Waals surface area contributed by atoms with Crippen LogP contribution in [0.3, 0.4) is 0 Å². The van der Waals surface area contributed by atoms with Crippen LogP contribution in [0.15, 0.2) is 48.5 Å². The molecule has 0 unspecified atom stereocenters. The van der Waals surface area contributed by atoms with Gasteiger partial charge in [0.25, 0.3) is 5.69 Å². The summed E-state index contributed by atoms with van der Waals surface area (Å²) in [6.07, 6.45) is 0. The van der Waals surface area contributed by atoms with Crippen molar-refractivity contribution in [2.45, 2.75) is 13.5 Å². The molecule has 0 saturated carbocycles. The number of aromatic nitrogens is 1. The van der Waals surface area contributed by atoms with Gasteiger partial charge in [-0.05, 0) is 36.1 Å². The second-order valence-corrected chi connectivity index (χ2v) is 5.01. The summed E-state index contributed by atoms with van der Waals surface area (Å²) >= 11 is 0. The summed E-state index contributed by atoms with van der Waals surface area (Å²) < 4.78 is 15.5. The predicted octanol–water partition coefficient (Wildman–Crippen LogP) is 4.05. The number of nitro groups is 1. The smallest absolute Gasteiger partial charge is 0.272 e. The lowest BCUT2D eigenvalue weighted by Crippen LogP contribution is -2.02. The zero-order chi connectivity index (χ0) is 15.0. The maximum Gasteiger partial charge on any atom is 0.272 e. The third-order valence-corrected chi connectivity index (χ3v) is 3.51. The number of benzene rings is 2. The first-order valence-corrected chi connectivity index (χ1v) is 6.53. The molecule has 0 atom stereocenters. The van der Waals surface area contributed by atoms with Crippen molar-refractivity contribution in [1.82, 2.24) is 4.57 Å². The van der Waals surface area contributed by atoms with Gasteiger partial charge in [0.2, 0.25) is 0 Å². The van der Waals surface area contributed by atoms with Crippen molar-refractivity contribution in [3.8, 4) is 0 Å². The molecule has 0 N–H and O–H groups in total. The summed E-state index contributed by atoms with van der Waals surface area (Å²) in [6, 6.07) is 13.6. The molecule has 0 amide bonds. The van der Waals surface area contributed by atoms with Crippen molar-refractivity contribution in [3.05, 3.63) is 75.7 Å². The molecule has 0 aliphatic carbocycles. The Morgan fingerprint density at radius 1 is 1.19 bits per heavy atom. The fourth-order valence-corrected chi connectivity index (χ4v) is 2.57. The quantitative estimate of drug-likeness (QED) is 0.538. The number of aryl methyl sites for hydroxylation is 1. The van der Waals surface area contributed by atoms with E-state index >= 15 is 0 Å². The second kappa shape index (κ2) is 5.01. The third kappa shape index (κ3) is 2.50. The summed E-state index contributed by atoms with van der Waals surface area (Å²) in [5, 5.41) is 11.9. The Labute approximate surface area is 120 Å². The molecular formula is C16H13FN2O2. The van der Waals surface area contributed by atoms with E-state index in [2.05, 4.69) is 0 Å². The first kappa shape index (κ1) is 13.3. The lowest BCUT2D eigenvalue weighted by molar-refractivity contribution is -0.385.